The van der Waals surface area contributed by atoms with Crippen LogP contribution in [0.4, 0.5) is 11.4 Å². The number of hydrogen-bond donors (Lipinski definition) is 2. The number of fused-ring (bicyclic) bond motifs is 1. The normalized spacial score (nSPS) is 14.9. The van der Waals surface area contributed by atoms with Gasteiger partial charge in [0.1, 0.15) is 28.8 Å². The zero-order valence-electron chi connectivity index (χ0n) is 18.9. The fourth-order valence-corrected chi connectivity index (χ4v) is 4.96. The van der Waals surface area contributed by atoms with Gasteiger partial charge >= 0.3 is 0 Å². The van der Waals surface area contributed by atoms with Crippen LogP contribution < -0.4 is 24.2 Å². The fourth-order valence-electron chi connectivity index (χ4n) is 3.70. The molecule has 2 N–H and O–H groups in total. The highest BCUT2D eigenvalue weighted by molar-refractivity contribution is 7.92. The second-order valence-electron chi connectivity index (χ2n) is 7.74. The van der Waals surface area contributed by atoms with E-state index in [9.17, 15) is 13.2 Å². The van der Waals surface area contributed by atoms with Crippen molar-refractivity contribution in [2.45, 2.75) is 18.2 Å². The number of rotatable bonds is 8. The Balaban J connectivity index is 1.51. The van der Waals surface area contributed by atoms with Gasteiger partial charge in [-0.15, -0.1) is 0 Å². The average molecular weight is 483 g/mol. The zero-order valence-corrected chi connectivity index (χ0v) is 19.7. The SMILES string of the molecule is CCOc1ccc(NS(=O)(=O)c2cc(NC(=O)[C@@H]3COc4ccccc4C3)ccc2OC)cc1. The summed E-state index contributed by atoms with van der Waals surface area (Å²) >= 11 is 0. The standard InChI is InChI=1S/C25H26N2O6S/c1-3-32-21-11-8-19(9-12-21)27-34(29,30)24-15-20(10-13-23(24)31-2)26-25(28)18-14-17-6-4-5-7-22(17)33-16-18/h4-13,15,18,27H,3,14,16H2,1-2H3,(H,26,28)/t18-/m0/s1. The molecule has 9 heteroatoms. The summed E-state index contributed by atoms with van der Waals surface area (Å²) in [5, 5.41) is 2.81. The molecule has 1 aliphatic heterocycles. The van der Waals surface area contributed by atoms with Crippen LogP contribution in [0.3, 0.4) is 0 Å². The van der Waals surface area contributed by atoms with Crippen molar-refractivity contribution in [1.82, 2.24) is 0 Å². The van der Waals surface area contributed by atoms with E-state index < -0.39 is 10.0 Å². The largest absolute Gasteiger partial charge is 0.495 e. The maximum atomic E-state index is 13.1. The van der Waals surface area contributed by atoms with Crippen LogP contribution in [0.15, 0.2) is 71.6 Å². The predicted octanol–water partition coefficient (Wildman–Crippen LogP) is 4.08. The van der Waals surface area contributed by atoms with E-state index in [1.165, 1.54) is 19.2 Å². The Morgan fingerprint density at radius 3 is 2.53 bits per heavy atom. The van der Waals surface area contributed by atoms with E-state index >= 15 is 0 Å². The molecule has 1 heterocycles. The molecular weight excluding hydrogens is 456 g/mol. The van der Waals surface area contributed by atoms with Crippen molar-refractivity contribution in [3.8, 4) is 17.2 Å². The average Bonchev–Trinajstić information content (AvgIpc) is 2.85. The lowest BCUT2D eigenvalue weighted by Crippen LogP contribution is -2.32. The Hall–Kier alpha value is -3.72. The molecule has 8 nitrogen and oxygen atoms in total. The maximum absolute atomic E-state index is 13.1. The molecule has 0 unspecified atom stereocenters. The van der Waals surface area contributed by atoms with Crippen LogP contribution in [-0.4, -0.2) is 34.6 Å². The van der Waals surface area contributed by atoms with E-state index in [2.05, 4.69) is 10.0 Å². The third kappa shape index (κ3) is 5.26. The molecule has 0 fully saturated rings. The quantitative estimate of drug-likeness (QED) is 0.501. The van der Waals surface area contributed by atoms with Gasteiger partial charge in [-0.1, -0.05) is 18.2 Å². The molecule has 34 heavy (non-hydrogen) atoms. The number of nitrogens with one attached hydrogen (secondary N) is 2. The van der Waals surface area contributed by atoms with Crippen molar-refractivity contribution < 1.29 is 27.4 Å². The summed E-state index contributed by atoms with van der Waals surface area (Å²) < 4.78 is 45.1. The Kier molecular flexibility index (Phi) is 6.93. The molecule has 1 aliphatic rings. The number of carbonyl (C=O) groups excluding carboxylic acids is 1. The van der Waals surface area contributed by atoms with Gasteiger partial charge in [-0.05, 0) is 67.4 Å². The van der Waals surface area contributed by atoms with E-state index in [0.29, 0.717) is 30.2 Å². The number of carbonyl (C=O) groups is 1. The second kappa shape index (κ2) is 10.0. The summed E-state index contributed by atoms with van der Waals surface area (Å²) in [5.41, 5.74) is 1.68. The van der Waals surface area contributed by atoms with Gasteiger partial charge < -0.3 is 19.5 Å². The van der Waals surface area contributed by atoms with Crippen molar-refractivity contribution in [2.75, 3.05) is 30.4 Å². The third-order valence-electron chi connectivity index (χ3n) is 5.39. The van der Waals surface area contributed by atoms with E-state index in [-0.39, 0.29) is 29.1 Å². The third-order valence-corrected chi connectivity index (χ3v) is 6.79. The molecule has 178 valence electrons. The van der Waals surface area contributed by atoms with Crippen molar-refractivity contribution in [3.05, 3.63) is 72.3 Å². The van der Waals surface area contributed by atoms with Crippen LogP contribution in [0.2, 0.25) is 0 Å². The van der Waals surface area contributed by atoms with E-state index in [1.54, 1.807) is 30.3 Å². The number of methoxy groups -OCH3 is 1. The molecule has 1 amide bonds. The Labute approximate surface area is 198 Å². The second-order valence-corrected chi connectivity index (χ2v) is 9.39. The van der Waals surface area contributed by atoms with Crippen molar-refractivity contribution >= 4 is 27.3 Å². The molecule has 0 saturated heterocycles. The molecule has 4 rings (SSSR count). The van der Waals surface area contributed by atoms with Gasteiger partial charge in [-0.3, -0.25) is 9.52 Å². The van der Waals surface area contributed by atoms with Gasteiger partial charge in [-0.25, -0.2) is 8.42 Å². The lowest BCUT2D eigenvalue weighted by molar-refractivity contribution is -0.121. The van der Waals surface area contributed by atoms with Gasteiger partial charge in [0.25, 0.3) is 10.0 Å². The van der Waals surface area contributed by atoms with Crippen LogP contribution in [0.25, 0.3) is 0 Å². The Morgan fingerprint density at radius 1 is 1.06 bits per heavy atom. The maximum Gasteiger partial charge on any atom is 0.265 e. The van der Waals surface area contributed by atoms with Crippen LogP contribution in [-0.2, 0) is 21.2 Å². The van der Waals surface area contributed by atoms with Crippen molar-refractivity contribution in [2.24, 2.45) is 5.92 Å². The van der Waals surface area contributed by atoms with E-state index in [4.69, 9.17) is 14.2 Å². The molecule has 1 atom stereocenters. The van der Waals surface area contributed by atoms with Crippen LogP contribution in [0, 0.1) is 5.92 Å². The summed E-state index contributed by atoms with van der Waals surface area (Å²) in [4.78, 5) is 12.8. The van der Waals surface area contributed by atoms with E-state index in [1.807, 2.05) is 31.2 Å². The van der Waals surface area contributed by atoms with Crippen LogP contribution in [0.5, 0.6) is 17.2 Å². The van der Waals surface area contributed by atoms with Gasteiger partial charge in [0.2, 0.25) is 5.91 Å². The van der Waals surface area contributed by atoms with Crippen molar-refractivity contribution in [1.29, 1.82) is 0 Å². The number of sulfonamides is 1. The number of hydrogen-bond acceptors (Lipinski definition) is 6. The molecule has 3 aromatic carbocycles. The molecule has 0 spiro atoms. The summed E-state index contributed by atoms with van der Waals surface area (Å²) in [6.07, 6.45) is 0.544. The molecule has 0 saturated carbocycles. The van der Waals surface area contributed by atoms with E-state index in [0.717, 1.165) is 11.3 Å². The number of para-hydroxylation sites is 1. The minimum Gasteiger partial charge on any atom is -0.495 e. The Bertz CT molecular complexity index is 1270. The zero-order chi connectivity index (χ0) is 24.1. The van der Waals surface area contributed by atoms with Gasteiger partial charge in [0.05, 0.1) is 19.6 Å². The molecule has 0 aliphatic carbocycles. The fraction of sp³-hybridized carbons (Fsp3) is 0.240. The molecule has 0 aromatic heterocycles. The molecule has 0 bridgehead atoms. The molecule has 3 aromatic rings. The summed E-state index contributed by atoms with van der Waals surface area (Å²) in [6.45, 7) is 2.64. The highest BCUT2D eigenvalue weighted by atomic mass is 32.2. The minimum atomic E-state index is -4.00. The van der Waals surface area contributed by atoms with Gasteiger partial charge in [-0.2, -0.15) is 0 Å². The monoisotopic (exact) mass is 482 g/mol. The first-order chi connectivity index (χ1) is 16.4. The minimum absolute atomic E-state index is 0.0908. The predicted molar refractivity (Wildman–Crippen MR) is 129 cm³/mol. The Morgan fingerprint density at radius 2 is 1.79 bits per heavy atom. The highest BCUT2D eigenvalue weighted by Gasteiger charge is 2.27. The number of anilines is 2. The summed E-state index contributed by atoms with van der Waals surface area (Å²) in [5.74, 6) is 0.944. The van der Waals surface area contributed by atoms with Crippen molar-refractivity contribution in [3.63, 3.8) is 0 Å². The van der Waals surface area contributed by atoms with Gasteiger partial charge in [0, 0.05) is 11.4 Å². The lowest BCUT2D eigenvalue weighted by Gasteiger charge is -2.24. The number of benzene rings is 3. The highest BCUT2D eigenvalue weighted by Crippen LogP contribution is 2.31. The smallest absolute Gasteiger partial charge is 0.265 e. The van der Waals surface area contributed by atoms with Crippen LogP contribution in [0.1, 0.15) is 12.5 Å². The summed E-state index contributed by atoms with van der Waals surface area (Å²) in [6, 6.07) is 18.7. The van der Waals surface area contributed by atoms with Crippen LogP contribution >= 0.6 is 0 Å². The molecule has 0 radical (unpaired) electrons. The topological polar surface area (TPSA) is 103 Å². The van der Waals surface area contributed by atoms with Gasteiger partial charge in [0.15, 0.2) is 0 Å². The first-order valence-corrected chi connectivity index (χ1v) is 12.3. The number of ether oxygens (including phenoxy) is 3. The molecular formula is C25H26N2O6S. The lowest BCUT2D eigenvalue weighted by atomic mass is 9.96. The first kappa shape index (κ1) is 23.4. The first-order valence-electron chi connectivity index (χ1n) is 10.8. The summed E-state index contributed by atoms with van der Waals surface area (Å²) in [7, 11) is -2.61. The number of amides is 1.